The molecule has 0 spiro atoms. The summed E-state index contributed by atoms with van der Waals surface area (Å²) >= 11 is 0. The maximum atomic E-state index is 13.4. The molecule has 170 valence electrons. The van der Waals surface area contributed by atoms with E-state index < -0.39 is 0 Å². The highest BCUT2D eigenvalue weighted by atomic mass is 16.5. The highest BCUT2D eigenvalue weighted by Crippen LogP contribution is 2.32. The third-order valence-corrected chi connectivity index (χ3v) is 5.72. The summed E-state index contributed by atoms with van der Waals surface area (Å²) in [5.41, 5.74) is 1.52. The number of hydrogen-bond donors (Lipinski definition) is 0. The highest BCUT2D eigenvalue weighted by molar-refractivity contribution is 6.02. The second-order valence-electron chi connectivity index (χ2n) is 7.83. The van der Waals surface area contributed by atoms with Crippen LogP contribution < -0.4 is 19.1 Å². The lowest BCUT2D eigenvalue weighted by atomic mass is 10.1. The van der Waals surface area contributed by atoms with Crippen molar-refractivity contribution in [3.8, 4) is 17.2 Å². The topological polar surface area (TPSA) is 77.5 Å². The van der Waals surface area contributed by atoms with Crippen molar-refractivity contribution in [1.29, 1.82) is 0 Å². The first-order chi connectivity index (χ1) is 15.6. The zero-order chi connectivity index (χ0) is 22.5. The number of benzene rings is 2. The molecule has 4 rings (SSSR count). The highest BCUT2D eigenvalue weighted by Gasteiger charge is 2.30. The van der Waals surface area contributed by atoms with Gasteiger partial charge in [0.05, 0.1) is 26.0 Å². The molecule has 2 amide bonds. The molecule has 2 heterocycles. The molecular weight excluding hydrogens is 412 g/mol. The number of methoxy groups -OCH3 is 2. The van der Waals surface area contributed by atoms with E-state index in [0.717, 1.165) is 18.4 Å². The maximum absolute atomic E-state index is 13.4. The zero-order valence-electron chi connectivity index (χ0n) is 18.4. The number of para-hydroxylation sites is 2. The van der Waals surface area contributed by atoms with Gasteiger partial charge in [0.25, 0.3) is 5.91 Å². The van der Waals surface area contributed by atoms with E-state index in [-0.39, 0.29) is 31.1 Å². The van der Waals surface area contributed by atoms with Gasteiger partial charge in [-0.2, -0.15) is 0 Å². The number of anilines is 1. The molecule has 8 heteroatoms. The molecule has 0 aromatic heterocycles. The zero-order valence-corrected chi connectivity index (χ0v) is 18.4. The smallest absolute Gasteiger partial charge is 0.265 e. The Labute approximate surface area is 187 Å². The van der Waals surface area contributed by atoms with Crippen molar-refractivity contribution in [3.05, 3.63) is 48.0 Å². The maximum Gasteiger partial charge on any atom is 0.265 e. The first-order valence-electron chi connectivity index (χ1n) is 10.7. The van der Waals surface area contributed by atoms with Gasteiger partial charge in [-0.3, -0.25) is 14.5 Å². The van der Waals surface area contributed by atoms with Crippen LogP contribution in [-0.4, -0.2) is 63.3 Å². The first-order valence-corrected chi connectivity index (χ1v) is 10.7. The minimum atomic E-state index is -0.236. The van der Waals surface area contributed by atoms with E-state index in [1.54, 1.807) is 31.3 Å². The number of ether oxygens (including phenoxy) is 4. The fourth-order valence-corrected chi connectivity index (χ4v) is 4.05. The molecule has 0 aliphatic carbocycles. The van der Waals surface area contributed by atoms with E-state index in [0.29, 0.717) is 42.6 Å². The summed E-state index contributed by atoms with van der Waals surface area (Å²) in [5.74, 6) is 1.45. The van der Waals surface area contributed by atoms with Crippen LogP contribution in [0.1, 0.15) is 18.4 Å². The Bertz CT molecular complexity index is 973. The molecule has 2 aromatic carbocycles. The fourth-order valence-electron chi connectivity index (χ4n) is 4.05. The molecule has 1 atom stereocenters. The minimum absolute atomic E-state index is 0.00762. The lowest BCUT2D eigenvalue weighted by molar-refractivity contribution is -0.133. The number of fused-ring (bicyclic) bond motifs is 1. The molecule has 0 unspecified atom stereocenters. The van der Waals surface area contributed by atoms with E-state index >= 15 is 0 Å². The van der Waals surface area contributed by atoms with Crippen LogP contribution in [0.3, 0.4) is 0 Å². The van der Waals surface area contributed by atoms with Gasteiger partial charge in [0.1, 0.15) is 12.3 Å². The molecule has 2 aliphatic heterocycles. The number of carbonyl (C=O) groups excluding carboxylic acids is 2. The van der Waals surface area contributed by atoms with Crippen LogP contribution in [-0.2, 0) is 20.9 Å². The summed E-state index contributed by atoms with van der Waals surface area (Å²) in [4.78, 5) is 29.2. The van der Waals surface area contributed by atoms with Crippen molar-refractivity contribution < 1.29 is 28.5 Å². The van der Waals surface area contributed by atoms with Crippen LogP contribution in [0.2, 0.25) is 0 Å². The second kappa shape index (κ2) is 9.91. The van der Waals surface area contributed by atoms with Gasteiger partial charge in [-0.15, -0.1) is 0 Å². The van der Waals surface area contributed by atoms with Gasteiger partial charge in [-0.25, -0.2) is 0 Å². The lowest BCUT2D eigenvalue weighted by Gasteiger charge is -2.32. The van der Waals surface area contributed by atoms with E-state index in [1.165, 1.54) is 4.90 Å². The lowest BCUT2D eigenvalue weighted by Crippen LogP contribution is -2.47. The Balaban J connectivity index is 1.55. The Morgan fingerprint density at radius 1 is 1.16 bits per heavy atom. The average molecular weight is 440 g/mol. The van der Waals surface area contributed by atoms with Crippen LogP contribution in [0, 0.1) is 0 Å². The van der Waals surface area contributed by atoms with E-state index in [2.05, 4.69) is 0 Å². The SMILES string of the molecule is COc1ccc(CN(C[C@H]2CCCO2)C(=O)CN2C(=O)COc3ccccc32)cc1OC. The van der Waals surface area contributed by atoms with Gasteiger partial charge in [-0.1, -0.05) is 18.2 Å². The predicted molar refractivity (Wildman–Crippen MR) is 118 cm³/mol. The number of amides is 2. The third-order valence-electron chi connectivity index (χ3n) is 5.72. The number of nitrogens with zero attached hydrogens (tertiary/aromatic N) is 2. The molecule has 0 bridgehead atoms. The second-order valence-corrected chi connectivity index (χ2v) is 7.83. The molecule has 8 nitrogen and oxygen atoms in total. The normalized spacial score (nSPS) is 17.5. The van der Waals surface area contributed by atoms with Gasteiger partial charge in [0.15, 0.2) is 18.1 Å². The van der Waals surface area contributed by atoms with Crippen molar-refractivity contribution in [3.63, 3.8) is 0 Å². The largest absolute Gasteiger partial charge is 0.493 e. The number of rotatable bonds is 8. The van der Waals surface area contributed by atoms with Crippen molar-refractivity contribution in [2.24, 2.45) is 0 Å². The predicted octanol–water partition coefficient (Wildman–Crippen LogP) is 2.64. The number of hydrogen-bond acceptors (Lipinski definition) is 6. The van der Waals surface area contributed by atoms with E-state index in [1.807, 2.05) is 30.3 Å². The summed E-state index contributed by atoms with van der Waals surface area (Å²) < 4.78 is 22.0. The molecule has 0 N–H and O–H groups in total. The van der Waals surface area contributed by atoms with Crippen molar-refractivity contribution in [2.45, 2.75) is 25.5 Å². The molecular formula is C24H28N2O6. The van der Waals surface area contributed by atoms with Crippen molar-refractivity contribution >= 4 is 17.5 Å². The van der Waals surface area contributed by atoms with Crippen LogP contribution in [0.4, 0.5) is 5.69 Å². The van der Waals surface area contributed by atoms with Gasteiger partial charge in [0.2, 0.25) is 5.91 Å². The Morgan fingerprint density at radius 3 is 2.72 bits per heavy atom. The average Bonchev–Trinajstić information content (AvgIpc) is 3.33. The molecule has 2 aliphatic rings. The molecule has 2 aromatic rings. The van der Waals surface area contributed by atoms with E-state index in [4.69, 9.17) is 18.9 Å². The van der Waals surface area contributed by atoms with Gasteiger partial charge in [0, 0.05) is 19.7 Å². The summed E-state index contributed by atoms with van der Waals surface area (Å²) in [6.45, 7) is 1.41. The monoisotopic (exact) mass is 440 g/mol. The summed E-state index contributed by atoms with van der Waals surface area (Å²) in [6.07, 6.45) is 1.89. The molecule has 1 fully saturated rings. The Morgan fingerprint density at radius 2 is 1.97 bits per heavy atom. The summed E-state index contributed by atoms with van der Waals surface area (Å²) in [6, 6.07) is 12.9. The van der Waals surface area contributed by atoms with Crippen molar-refractivity contribution in [2.75, 3.05) is 45.4 Å². The molecule has 0 radical (unpaired) electrons. The summed E-state index contributed by atoms with van der Waals surface area (Å²) in [7, 11) is 3.17. The van der Waals surface area contributed by atoms with Gasteiger partial charge < -0.3 is 23.8 Å². The van der Waals surface area contributed by atoms with Crippen LogP contribution in [0.5, 0.6) is 17.2 Å². The fraction of sp³-hybridized carbons (Fsp3) is 0.417. The third kappa shape index (κ3) is 4.80. The van der Waals surface area contributed by atoms with Crippen molar-refractivity contribution in [1.82, 2.24) is 4.90 Å². The molecule has 32 heavy (non-hydrogen) atoms. The van der Waals surface area contributed by atoms with Crippen LogP contribution in [0.15, 0.2) is 42.5 Å². The molecule has 0 saturated carbocycles. The quantitative estimate of drug-likeness (QED) is 0.628. The Hall–Kier alpha value is -3.26. The van der Waals surface area contributed by atoms with E-state index in [9.17, 15) is 9.59 Å². The Kier molecular flexibility index (Phi) is 6.80. The first kappa shape index (κ1) is 22.0. The van der Waals surface area contributed by atoms with Crippen LogP contribution in [0.25, 0.3) is 0 Å². The minimum Gasteiger partial charge on any atom is -0.493 e. The van der Waals surface area contributed by atoms with Crippen LogP contribution >= 0.6 is 0 Å². The number of carbonyl (C=O) groups is 2. The van der Waals surface area contributed by atoms with Gasteiger partial charge >= 0.3 is 0 Å². The molecule has 1 saturated heterocycles. The van der Waals surface area contributed by atoms with Gasteiger partial charge in [-0.05, 0) is 42.7 Å². The standard InChI is InChI=1S/C24H28N2O6/c1-29-21-10-9-17(12-22(21)30-2)13-25(14-18-6-5-11-31-18)23(27)15-26-19-7-3-4-8-20(19)32-16-24(26)28/h3-4,7-10,12,18H,5-6,11,13-16H2,1-2H3/t18-/m1/s1. The summed E-state index contributed by atoms with van der Waals surface area (Å²) in [5, 5.41) is 0.